The van der Waals surface area contributed by atoms with Crippen LogP contribution in [-0.2, 0) is 14.3 Å². The molecule has 6 rings (SSSR count). The van der Waals surface area contributed by atoms with Crippen molar-refractivity contribution < 1.29 is 14.3 Å². The van der Waals surface area contributed by atoms with Crippen LogP contribution in [0.4, 0.5) is 0 Å². The van der Waals surface area contributed by atoms with E-state index < -0.39 is 5.41 Å². The molecule has 0 N–H and O–H groups in total. The number of carbonyl (C=O) groups excluding carboxylic acids is 2. The molecule has 1 aromatic carbocycles. The summed E-state index contributed by atoms with van der Waals surface area (Å²) in [6.45, 7) is 4.62. The van der Waals surface area contributed by atoms with Crippen molar-refractivity contribution in [2.45, 2.75) is 63.6 Å². The molecule has 0 aromatic heterocycles. The highest BCUT2D eigenvalue weighted by Gasteiger charge is 2.65. The second-order valence-electron chi connectivity index (χ2n) is 9.84. The van der Waals surface area contributed by atoms with Crippen molar-refractivity contribution in [2.24, 2.45) is 23.2 Å². The first-order valence-electron chi connectivity index (χ1n) is 10.2. The minimum Gasteiger partial charge on any atom is -0.461 e. The maximum absolute atomic E-state index is 13.3. The summed E-state index contributed by atoms with van der Waals surface area (Å²) in [5, 5.41) is 1.07. The average Bonchev–Trinajstić information content (AvgIpc) is 2.62. The number of ether oxygens (including phenoxy) is 1. The number of nitrogens with zero attached hydrogens (tertiary/aromatic N) is 1. The Kier molecular flexibility index (Phi) is 4.10. The molecule has 5 aliphatic rings. The van der Waals surface area contributed by atoms with Gasteiger partial charge in [0.25, 0.3) is 6.47 Å². The molecule has 0 radical (unpaired) electrons. The molecular formula is C22H25Cl2NO3. The van der Waals surface area contributed by atoms with E-state index in [1.807, 2.05) is 26.0 Å². The zero-order chi connectivity index (χ0) is 19.8. The lowest BCUT2D eigenvalue weighted by atomic mass is 9.50. The summed E-state index contributed by atoms with van der Waals surface area (Å²) in [5.74, 6) is 1.56. The number of likely N-dealkylation sites (tertiary alicyclic amines) is 1. The van der Waals surface area contributed by atoms with Gasteiger partial charge >= 0.3 is 0 Å². The Labute approximate surface area is 175 Å². The van der Waals surface area contributed by atoms with Gasteiger partial charge in [0.05, 0.1) is 21.5 Å². The molecule has 1 heterocycles. The standard InChI is InChI=1S/C22H25Cl2NO3/c1-21(2)19(15-4-3-5-16(23)17(15)24)25(20(21)27)18-13-6-12-7-14(18)10-22(8-12,9-13)28-11-26/h3-5,11-14,18-19H,6-10H2,1-2H3. The number of halogens is 2. The van der Waals surface area contributed by atoms with Gasteiger partial charge in [-0.1, -0.05) is 35.3 Å². The van der Waals surface area contributed by atoms with Crippen LogP contribution in [0.25, 0.3) is 0 Å². The molecule has 6 heteroatoms. The van der Waals surface area contributed by atoms with Crippen molar-refractivity contribution in [3.63, 3.8) is 0 Å². The highest BCUT2D eigenvalue weighted by atomic mass is 35.5. The third kappa shape index (κ3) is 2.43. The van der Waals surface area contributed by atoms with Crippen molar-refractivity contribution in [3.05, 3.63) is 33.8 Å². The molecule has 1 aliphatic heterocycles. The van der Waals surface area contributed by atoms with Crippen LogP contribution in [0.5, 0.6) is 0 Å². The van der Waals surface area contributed by atoms with E-state index in [-0.39, 0.29) is 23.6 Å². The largest absolute Gasteiger partial charge is 0.461 e. The molecule has 28 heavy (non-hydrogen) atoms. The van der Waals surface area contributed by atoms with Gasteiger partial charge in [-0.15, -0.1) is 0 Å². The minimum absolute atomic E-state index is 0.0725. The summed E-state index contributed by atoms with van der Waals surface area (Å²) in [5.41, 5.74) is 0.132. The smallest absolute Gasteiger partial charge is 0.293 e. The van der Waals surface area contributed by atoms with Crippen LogP contribution < -0.4 is 0 Å². The summed E-state index contributed by atoms with van der Waals surface area (Å²) in [6.07, 6.45) is 4.94. The topological polar surface area (TPSA) is 46.6 Å². The van der Waals surface area contributed by atoms with Crippen molar-refractivity contribution in [1.29, 1.82) is 0 Å². The van der Waals surface area contributed by atoms with Gasteiger partial charge in [-0.2, -0.15) is 0 Å². The van der Waals surface area contributed by atoms with E-state index in [1.165, 1.54) is 0 Å². The van der Waals surface area contributed by atoms with E-state index in [0.29, 0.717) is 34.3 Å². The zero-order valence-electron chi connectivity index (χ0n) is 16.2. The van der Waals surface area contributed by atoms with Gasteiger partial charge in [0, 0.05) is 6.04 Å². The fourth-order valence-electron chi connectivity index (χ4n) is 7.05. The summed E-state index contributed by atoms with van der Waals surface area (Å²) in [4.78, 5) is 26.5. The first-order valence-corrected chi connectivity index (χ1v) is 10.9. The lowest BCUT2D eigenvalue weighted by molar-refractivity contribution is -0.214. The normalized spacial score (nSPS) is 40.4. The Morgan fingerprint density at radius 2 is 1.82 bits per heavy atom. The molecule has 1 aromatic rings. The van der Waals surface area contributed by atoms with Crippen LogP contribution in [0, 0.1) is 23.2 Å². The van der Waals surface area contributed by atoms with Crippen molar-refractivity contribution in [1.82, 2.24) is 4.90 Å². The third-order valence-electron chi connectivity index (χ3n) is 7.81. The SMILES string of the molecule is CC1(C)C(=O)N(C2C3CC4CC2CC(OC=O)(C4)C3)C1c1cccc(Cl)c1Cl. The van der Waals surface area contributed by atoms with E-state index in [4.69, 9.17) is 27.9 Å². The van der Waals surface area contributed by atoms with E-state index in [9.17, 15) is 9.59 Å². The van der Waals surface area contributed by atoms with Crippen LogP contribution in [-0.4, -0.2) is 28.9 Å². The molecule has 4 nitrogen and oxygen atoms in total. The van der Waals surface area contributed by atoms with Crippen LogP contribution in [0.15, 0.2) is 18.2 Å². The van der Waals surface area contributed by atoms with Crippen molar-refractivity contribution in [2.75, 3.05) is 0 Å². The molecule has 1 amide bonds. The quantitative estimate of drug-likeness (QED) is 0.506. The Bertz CT molecular complexity index is 838. The number of hydrogen-bond donors (Lipinski definition) is 0. The number of amides is 1. The number of benzene rings is 1. The molecule has 4 saturated carbocycles. The highest BCUT2D eigenvalue weighted by Crippen LogP contribution is 2.63. The third-order valence-corrected chi connectivity index (χ3v) is 8.64. The zero-order valence-corrected chi connectivity index (χ0v) is 17.7. The van der Waals surface area contributed by atoms with Crippen LogP contribution in [0.2, 0.25) is 10.0 Å². The Balaban J connectivity index is 1.51. The summed E-state index contributed by atoms with van der Waals surface area (Å²) < 4.78 is 5.61. The van der Waals surface area contributed by atoms with Gasteiger partial charge in [-0.3, -0.25) is 9.59 Å². The molecule has 4 bridgehead atoms. The highest BCUT2D eigenvalue weighted by molar-refractivity contribution is 6.42. The Morgan fingerprint density at radius 3 is 2.46 bits per heavy atom. The lowest BCUT2D eigenvalue weighted by Crippen LogP contribution is -2.71. The van der Waals surface area contributed by atoms with Gasteiger partial charge in [0.1, 0.15) is 5.60 Å². The first-order chi connectivity index (χ1) is 13.3. The second-order valence-corrected chi connectivity index (χ2v) is 10.6. The van der Waals surface area contributed by atoms with Crippen molar-refractivity contribution in [3.8, 4) is 0 Å². The van der Waals surface area contributed by atoms with E-state index >= 15 is 0 Å². The van der Waals surface area contributed by atoms with Crippen molar-refractivity contribution >= 4 is 35.6 Å². The van der Waals surface area contributed by atoms with Gasteiger partial charge in [0.15, 0.2) is 0 Å². The first kappa shape index (κ1) is 18.7. The number of rotatable bonds is 4. The molecule has 3 unspecified atom stereocenters. The average molecular weight is 422 g/mol. The second kappa shape index (κ2) is 6.12. The number of carbonyl (C=O) groups is 2. The Hall–Kier alpha value is -1.26. The van der Waals surface area contributed by atoms with Crippen LogP contribution in [0.3, 0.4) is 0 Å². The van der Waals surface area contributed by atoms with Crippen LogP contribution >= 0.6 is 23.2 Å². The predicted octanol–water partition coefficient (Wildman–Crippen LogP) is 5.02. The fraction of sp³-hybridized carbons (Fsp3) is 0.636. The number of hydrogen-bond acceptors (Lipinski definition) is 3. The molecule has 4 aliphatic carbocycles. The van der Waals surface area contributed by atoms with Gasteiger partial charge in [-0.25, -0.2) is 0 Å². The molecule has 0 spiro atoms. The predicted molar refractivity (Wildman–Crippen MR) is 107 cm³/mol. The van der Waals surface area contributed by atoms with Gasteiger partial charge in [0.2, 0.25) is 5.91 Å². The van der Waals surface area contributed by atoms with E-state index in [1.54, 1.807) is 6.07 Å². The fourth-order valence-corrected chi connectivity index (χ4v) is 7.46. The van der Waals surface area contributed by atoms with E-state index in [2.05, 4.69) is 4.90 Å². The summed E-state index contributed by atoms with van der Waals surface area (Å²) in [6, 6.07) is 5.81. The number of β-lactam (4-membered cyclic amide) rings is 1. The Morgan fingerprint density at radius 1 is 1.14 bits per heavy atom. The molecule has 1 saturated heterocycles. The summed E-state index contributed by atoms with van der Waals surface area (Å²) in [7, 11) is 0. The van der Waals surface area contributed by atoms with E-state index in [0.717, 1.165) is 37.7 Å². The summed E-state index contributed by atoms with van der Waals surface area (Å²) >= 11 is 12.9. The molecule has 5 fully saturated rings. The maximum Gasteiger partial charge on any atom is 0.293 e. The van der Waals surface area contributed by atoms with Gasteiger partial charge < -0.3 is 9.64 Å². The lowest BCUT2D eigenvalue weighted by Gasteiger charge is -2.66. The molecule has 150 valence electrons. The maximum atomic E-state index is 13.3. The minimum atomic E-state index is -0.500. The van der Waals surface area contributed by atoms with Gasteiger partial charge in [-0.05, 0) is 75.3 Å². The van der Waals surface area contributed by atoms with Crippen LogP contribution in [0.1, 0.15) is 57.6 Å². The molecular weight excluding hydrogens is 397 g/mol. The monoisotopic (exact) mass is 421 g/mol. The molecule has 3 atom stereocenters.